The van der Waals surface area contributed by atoms with Crippen molar-refractivity contribution in [3.05, 3.63) is 29.3 Å². The zero-order chi connectivity index (χ0) is 15.9. The normalized spacial score (nSPS) is 20.9. The van der Waals surface area contributed by atoms with Gasteiger partial charge in [-0.05, 0) is 37.1 Å². The molecule has 8 heteroatoms. The number of hydrogen-bond acceptors (Lipinski definition) is 4. The summed E-state index contributed by atoms with van der Waals surface area (Å²) < 4.78 is 24.9. The Morgan fingerprint density at radius 3 is 2.70 bits per heavy atom. The highest BCUT2D eigenvalue weighted by molar-refractivity contribution is 7.92. The molecule has 0 bridgehead atoms. The maximum Gasteiger partial charge on any atom is 0.254 e. The van der Waals surface area contributed by atoms with Crippen LogP contribution in [0.3, 0.4) is 0 Å². The van der Waals surface area contributed by atoms with E-state index < -0.39 is 10.0 Å². The van der Waals surface area contributed by atoms with Crippen molar-refractivity contribution in [3.63, 3.8) is 0 Å². The average molecular weight is 360 g/mol. The summed E-state index contributed by atoms with van der Waals surface area (Å²) >= 11 is 0. The molecule has 1 fully saturated rings. The van der Waals surface area contributed by atoms with Gasteiger partial charge >= 0.3 is 0 Å². The van der Waals surface area contributed by atoms with E-state index in [4.69, 9.17) is 0 Å². The van der Waals surface area contributed by atoms with Crippen molar-refractivity contribution < 1.29 is 13.2 Å². The van der Waals surface area contributed by atoms with Crippen molar-refractivity contribution in [2.75, 3.05) is 36.7 Å². The zero-order valence-corrected chi connectivity index (χ0v) is 14.9. The molecule has 6 nitrogen and oxygen atoms in total. The largest absolute Gasteiger partial charge is 0.333 e. The van der Waals surface area contributed by atoms with Gasteiger partial charge in [0.2, 0.25) is 10.0 Å². The SMILES string of the molecule is C[C@H]1CNCCN1C(=O)c1ccc2c(c1)CCN2S(C)(=O)=O.Cl. The Labute approximate surface area is 143 Å². The van der Waals surface area contributed by atoms with Crippen molar-refractivity contribution in [2.45, 2.75) is 19.4 Å². The minimum atomic E-state index is -3.25. The van der Waals surface area contributed by atoms with E-state index in [1.54, 1.807) is 12.1 Å². The Hall–Kier alpha value is -1.31. The number of amides is 1. The van der Waals surface area contributed by atoms with Crippen LogP contribution in [0.1, 0.15) is 22.8 Å². The van der Waals surface area contributed by atoms with Crippen LogP contribution in [0.4, 0.5) is 5.69 Å². The van der Waals surface area contributed by atoms with Gasteiger partial charge in [0.05, 0.1) is 11.9 Å². The lowest BCUT2D eigenvalue weighted by molar-refractivity contribution is 0.0655. The molecule has 1 atom stereocenters. The summed E-state index contributed by atoms with van der Waals surface area (Å²) in [6.45, 7) is 4.80. The number of nitrogens with zero attached hydrogens (tertiary/aromatic N) is 2. The molecule has 2 aliphatic rings. The molecule has 0 radical (unpaired) electrons. The monoisotopic (exact) mass is 359 g/mol. The summed E-state index contributed by atoms with van der Waals surface area (Å²) in [5.41, 5.74) is 2.27. The third kappa shape index (κ3) is 3.46. The number of anilines is 1. The van der Waals surface area contributed by atoms with Crippen molar-refractivity contribution >= 4 is 34.0 Å². The van der Waals surface area contributed by atoms with Crippen molar-refractivity contribution in [1.29, 1.82) is 0 Å². The molecule has 1 aromatic carbocycles. The Morgan fingerprint density at radius 1 is 1.30 bits per heavy atom. The summed E-state index contributed by atoms with van der Waals surface area (Å²) in [5.74, 6) is 0.0228. The van der Waals surface area contributed by atoms with Crippen LogP contribution in [0.5, 0.6) is 0 Å². The van der Waals surface area contributed by atoms with Gasteiger partial charge in [0, 0.05) is 37.8 Å². The Bertz CT molecular complexity index is 708. The molecule has 0 aliphatic carbocycles. The van der Waals surface area contributed by atoms with E-state index >= 15 is 0 Å². The minimum Gasteiger partial charge on any atom is -0.333 e. The van der Waals surface area contributed by atoms with Crippen molar-refractivity contribution in [1.82, 2.24) is 10.2 Å². The van der Waals surface area contributed by atoms with Crippen molar-refractivity contribution in [3.8, 4) is 0 Å². The molecule has 0 aromatic heterocycles. The second kappa shape index (κ2) is 6.67. The fraction of sp³-hybridized carbons (Fsp3) is 0.533. The molecule has 0 saturated carbocycles. The van der Waals surface area contributed by atoms with E-state index in [2.05, 4.69) is 5.32 Å². The fourth-order valence-electron chi connectivity index (χ4n) is 3.16. The number of piperazine rings is 1. The van der Waals surface area contributed by atoms with Gasteiger partial charge in [-0.1, -0.05) is 0 Å². The van der Waals surface area contributed by atoms with Crippen LogP contribution < -0.4 is 9.62 Å². The van der Waals surface area contributed by atoms with E-state index in [9.17, 15) is 13.2 Å². The topological polar surface area (TPSA) is 69.7 Å². The number of halogens is 1. The van der Waals surface area contributed by atoms with Crippen LogP contribution in [0, 0.1) is 0 Å². The molecule has 128 valence electrons. The Balaban J connectivity index is 0.00000192. The Morgan fingerprint density at radius 2 is 2.04 bits per heavy atom. The molecule has 0 unspecified atom stereocenters. The summed E-state index contributed by atoms with van der Waals surface area (Å²) in [7, 11) is -3.25. The molecule has 2 aliphatic heterocycles. The van der Waals surface area contributed by atoms with Crippen LogP contribution in [-0.4, -0.2) is 57.7 Å². The quantitative estimate of drug-likeness (QED) is 0.850. The van der Waals surface area contributed by atoms with Gasteiger partial charge in [-0.15, -0.1) is 12.4 Å². The van der Waals surface area contributed by atoms with E-state index in [0.29, 0.717) is 30.8 Å². The highest BCUT2D eigenvalue weighted by Gasteiger charge is 2.29. The second-order valence-electron chi connectivity index (χ2n) is 5.98. The minimum absolute atomic E-state index is 0. The number of nitrogens with one attached hydrogen (secondary N) is 1. The number of hydrogen-bond donors (Lipinski definition) is 1. The summed E-state index contributed by atoms with van der Waals surface area (Å²) in [5, 5.41) is 3.27. The number of fused-ring (bicyclic) bond motifs is 1. The van der Waals surface area contributed by atoms with Gasteiger partial charge in [0.25, 0.3) is 5.91 Å². The molecule has 1 N–H and O–H groups in total. The summed E-state index contributed by atoms with van der Waals surface area (Å²) in [4.78, 5) is 14.5. The third-order valence-corrected chi connectivity index (χ3v) is 5.52. The van der Waals surface area contributed by atoms with Gasteiger partial charge in [0.15, 0.2) is 0 Å². The van der Waals surface area contributed by atoms with Gasteiger partial charge in [-0.2, -0.15) is 0 Å². The van der Waals surface area contributed by atoms with E-state index in [1.165, 1.54) is 10.6 Å². The predicted molar refractivity (Wildman–Crippen MR) is 93.0 cm³/mol. The molecule has 2 heterocycles. The van der Waals surface area contributed by atoms with E-state index in [1.807, 2.05) is 17.9 Å². The smallest absolute Gasteiger partial charge is 0.254 e. The first-order valence-electron chi connectivity index (χ1n) is 7.50. The maximum absolute atomic E-state index is 12.7. The predicted octanol–water partition coefficient (Wildman–Crippen LogP) is 0.864. The first kappa shape index (κ1) is 18.0. The number of sulfonamides is 1. The van der Waals surface area contributed by atoms with Crippen molar-refractivity contribution in [2.24, 2.45) is 0 Å². The molecule has 0 spiro atoms. The molecular weight excluding hydrogens is 338 g/mol. The lowest BCUT2D eigenvalue weighted by Crippen LogP contribution is -2.52. The third-order valence-electron chi connectivity index (χ3n) is 4.34. The van der Waals surface area contributed by atoms with Gasteiger partial charge < -0.3 is 10.2 Å². The lowest BCUT2D eigenvalue weighted by Gasteiger charge is -2.34. The Kier molecular flexibility index (Phi) is 5.23. The lowest BCUT2D eigenvalue weighted by atomic mass is 10.1. The number of rotatable bonds is 2. The van der Waals surface area contributed by atoms with Gasteiger partial charge in [0.1, 0.15) is 0 Å². The van der Waals surface area contributed by atoms with Crippen LogP contribution in [0.15, 0.2) is 18.2 Å². The van der Waals surface area contributed by atoms with E-state index in [-0.39, 0.29) is 24.4 Å². The number of carbonyl (C=O) groups excluding carboxylic acids is 1. The first-order valence-corrected chi connectivity index (χ1v) is 9.35. The molecule has 23 heavy (non-hydrogen) atoms. The molecule has 1 amide bonds. The molecular formula is C15H22ClN3O3S. The number of benzene rings is 1. The zero-order valence-electron chi connectivity index (χ0n) is 13.3. The van der Waals surface area contributed by atoms with Gasteiger partial charge in [-0.25, -0.2) is 8.42 Å². The first-order chi connectivity index (χ1) is 10.4. The van der Waals surface area contributed by atoms with Crippen LogP contribution in [0.2, 0.25) is 0 Å². The molecule has 1 saturated heterocycles. The molecule has 1 aromatic rings. The standard InChI is InChI=1S/C15H21N3O3S.ClH/c1-11-10-16-6-8-17(11)15(19)13-3-4-14-12(9-13)5-7-18(14)22(2,20)21;/h3-4,9,11,16H,5-8,10H2,1-2H3;1H/t11-;/m0./s1. The van der Waals surface area contributed by atoms with Crippen LogP contribution in [0.25, 0.3) is 0 Å². The highest BCUT2D eigenvalue weighted by atomic mass is 35.5. The van der Waals surface area contributed by atoms with Crippen LogP contribution in [-0.2, 0) is 16.4 Å². The van der Waals surface area contributed by atoms with Crippen LogP contribution >= 0.6 is 12.4 Å². The summed E-state index contributed by atoms with van der Waals surface area (Å²) in [6.07, 6.45) is 1.87. The molecule has 3 rings (SSSR count). The summed E-state index contributed by atoms with van der Waals surface area (Å²) in [6, 6.07) is 5.50. The average Bonchev–Trinajstić information content (AvgIpc) is 2.90. The fourth-order valence-corrected chi connectivity index (χ4v) is 4.12. The maximum atomic E-state index is 12.7. The second-order valence-corrected chi connectivity index (χ2v) is 7.89. The van der Waals surface area contributed by atoms with E-state index in [0.717, 1.165) is 18.7 Å². The highest BCUT2D eigenvalue weighted by Crippen LogP contribution is 2.31. The van der Waals surface area contributed by atoms with Gasteiger partial charge in [-0.3, -0.25) is 9.10 Å². The number of carbonyl (C=O) groups is 1.